The van der Waals surface area contributed by atoms with Crippen LogP contribution >= 0.6 is 0 Å². The second-order valence-corrected chi connectivity index (χ2v) is 3.24. The molecule has 0 bridgehead atoms. The predicted molar refractivity (Wildman–Crippen MR) is 39.2 cm³/mol. The van der Waals surface area contributed by atoms with Crippen LogP contribution in [-0.2, 0) is 9.53 Å². The van der Waals surface area contributed by atoms with Crippen molar-refractivity contribution >= 4 is 5.91 Å². The number of ether oxygens (including phenoxy) is 1. The Morgan fingerprint density at radius 1 is 1.64 bits per heavy atom. The van der Waals surface area contributed by atoms with Crippen LogP contribution in [0.15, 0.2) is 0 Å². The smallest absolute Gasteiger partial charge is 0.246 e. The van der Waals surface area contributed by atoms with Crippen LogP contribution in [0.3, 0.4) is 0 Å². The second-order valence-electron chi connectivity index (χ2n) is 3.24. The van der Waals surface area contributed by atoms with E-state index in [1.165, 1.54) is 0 Å². The highest BCUT2D eigenvalue weighted by Crippen LogP contribution is 2.14. The number of morpholine rings is 1. The maximum atomic E-state index is 10.9. The Kier molecular flexibility index (Phi) is 1.58. The maximum Gasteiger partial charge on any atom is 0.246 e. The minimum Gasteiger partial charge on any atom is -0.365 e. The third kappa shape index (κ3) is 1.23. The van der Waals surface area contributed by atoms with Crippen LogP contribution in [0.1, 0.15) is 0 Å². The molecule has 0 radical (unpaired) electrons. The van der Waals surface area contributed by atoms with Gasteiger partial charge in [0.25, 0.3) is 0 Å². The summed E-state index contributed by atoms with van der Waals surface area (Å²) in [4.78, 5) is 13.0. The Labute approximate surface area is 65.5 Å². The monoisotopic (exact) mass is 156 g/mol. The Hall–Kier alpha value is -0.610. The zero-order chi connectivity index (χ0) is 7.84. The summed E-state index contributed by atoms with van der Waals surface area (Å²) in [7, 11) is 2.04. The fourth-order valence-corrected chi connectivity index (χ4v) is 1.70. The number of carbonyl (C=O) groups excluding carboxylic acids is 1. The lowest BCUT2D eigenvalue weighted by Gasteiger charge is -2.25. The van der Waals surface area contributed by atoms with Gasteiger partial charge in [0.1, 0.15) is 6.61 Å². The van der Waals surface area contributed by atoms with Crippen LogP contribution in [0.2, 0.25) is 0 Å². The number of likely N-dealkylation sites (tertiary alicyclic amines) is 1. The van der Waals surface area contributed by atoms with Crippen molar-refractivity contribution in [2.24, 2.45) is 0 Å². The molecule has 2 aliphatic heterocycles. The fraction of sp³-hybridized carbons (Fsp3) is 0.857. The Balaban J connectivity index is 2.02. The molecule has 2 aliphatic rings. The topological polar surface area (TPSA) is 41.6 Å². The molecule has 11 heavy (non-hydrogen) atoms. The molecule has 0 aromatic rings. The highest BCUT2D eigenvalue weighted by molar-refractivity contribution is 5.78. The van der Waals surface area contributed by atoms with Gasteiger partial charge in [0.05, 0.1) is 12.1 Å². The van der Waals surface area contributed by atoms with Crippen molar-refractivity contribution < 1.29 is 9.53 Å². The summed E-state index contributed by atoms with van der Waals surface area (Å²) in [6.07, 6.45) is 0.220. The van der Waals surface area contributed by atoms with Crippen LogP contribution in [0.4, 0.5) is 0 Å². The first-order chi connectivity index (χ1) is 5.25. The number of fused-ring (bicyclic) bond motifs is 1. The number of carbonyl (C=O) groups is 1. The summed E-state index contributed by atoms with van der Waals surface area (Å²) < 4.78 is 5.33. The Morgan fingerprint density at radius 3 is 3.27 bits per heavy atom. The molecule has 0 aliphatic carbocycles. The maximum absolute atomic E-state index is 10.9. The summed E-state index contributed by atoms with van der Waals surface area (Å²) in [5.74, 6) is 0.0153. The van der Waals surface area contributed by atoms with Crippen molar-refractivity contribution in [3.05, 3.63) is 0 Å². The fourth-order valence-electron chi connectivity index (χ4n) is 1.70. The van der Waals surface area contributed by atoms with E-state index >= 15 is 0 Å². The van der Waals surface area contributed by atoms with E-state index in [2.05, 4.69) is 10.2 Å². The molecular formula is C7H12N2O2. The highest BCUT2D eigenvalue weighted by atomic mass is 16.5. The summed E-state index contributed by atoms with van der Waals surface area (Å²) in [5.41, 5.74) is 0. The number of nitrogens with one attached hydrogen (secondary N) is 1. The van der Waals surface area contributed by atoms with Crippen LogP contribution in [-0.4, -0.2) is 49.7 Å². The number of likely N-dealkylation sites (N-methyl/N-ethyl adjacent to an activating group) is 1. The van der Waals surface area contributed by atoms with Gasteiger partial charge in [-0.05, 0) is 7.05 Å². The molecule has 2 fully saturated rings. The van der Waals surface area contributed by atoms with Gasteiger partial charge in [-0.1, -0.05) is 0 Å². The SMILES string of the molecule is CN1C[C@@H]2OCC(=O)N[C@@H]2C1. The van der Waals surface area contributed by atoms with Gasteiger partial charge >= 0.3 is 0 Å². The van der Waals surface area contributed by atoms with Crippen molar-refractivity contribution in [2.45, 2.75) is 12.1 Å². The Bertz CT molecular complexity index is 183. The van der Waals surface area contributed by atoms with Crippen LogP contribution in [0.25, 0.3) is 0 Å². The van der Waals surface area contributed by atoms with E-state index in [1.54, 1.807) is 0 Å². The average Bonchev–Trinajstić information content (AvgIpc) is 2.27. The zero-order valence-corrected chi connectivity index (χ0v) is 6.54. The molecule has 1 N–H and O–H groups in total. The molecule has 0 spiro atoms. The molecule has 0 aromatic heterocycles. The highest BCUT2D eigenvalue weighted by Gasteiger charge is 2.36. The number of hydrogen-bond donors (Lipinski definition) is 1. The van der Waals surface area contributed by atoms with Gasteiger partial charge in [-0.25, -0.2) is 0 Å². The summed E-state index contributed by atoms with van der Waals surface area (Å²) in [5, 5.41) is 2.90. The van der Waals surface area contributed by atoms with E-state index in [0.29, 0.717) is 0 Å². The quantitative estimate of drug-likeness (QED) is 0.480. The molecule has 4 heteroatoms. The lowest BCUT2D eigenvalue weighted by atomic mass is 10.2. The van der Waals surface area contributed by atoms with Crippen LogP contribution in [0, 0.1) is 0 Å². The van der Waals surface area contributed by atoms with Crippen molar-refractivity contribution in [3.63, 3.8) is 0 Å². The second kappa shape index (κ2) is 2.46. The molecule has 0 aromatic carbocycles. The zero-order valence-electron chi connectivity index (χ0n) is 6.54. The minimum absolute atomic E-state index is 0.0153. The van der Waals surface area contributed by atoms with Gasteiger partial charge in [-0.3, -0.25) is 4.79 Å². The molecule has 2 rings (SSSR count). The van der Waals surface area contributed by atoms with Gasteiger partial charge in [0, 0.05) is 13.1 Å². The van der Waals surface area contributed by atoms with E-state index in [9.17, 15) is 4.79 Å². The van der Waals surface area contributed by atoms with Crippen molar-refractivity contribution in [1.82, 2.24) is 10.2 Å². The average molecular weight is 156 g/mol. The summed E-state index contributed by atoms with van der Waals surface area (Å²) >= 11 is 0. The first-order valence-electron chi connectivity index (χ1n) is 3.85. The van der Waals surface area contributed by atoms with E-state index < -0.39 is 0 Å². The normalized spacial score (nSPS) is 38.5. The van der Waals surface area contributed by atoms with Crippen LogP contribution < -0.4 is 5.32 Å². The molecule has 2 heterocycles. The summed E-state index contributed by atoms with van der Waals surface area (Å²) in [6.45, 7) is 2.08. The van der Waals surface area contributed by atoms with E-state index in [0.717, 1.165) is 13.1 Å². The first kappa shape index (κ1) is 7.06. The van der Waals surface area contributed by atoms with Gasteiger partial charge in [-0.15, -0.1) is 0 Å². The molecule has 0 saturated carbocycles. The molecule has 62 valence electrons. The largest absolute Gasteiger partial charge is 0.365 e. The third-order valence-electron chi connectivity index (χ3n) is 2.22. The van der Waals surface area contributed by atoms with Crippen molar-refractivity contribution in [3.8, 4) is 0 Å². The third-order valence-corrected chi connectivity index (χ3v) is 2.22. The van der Waals surface area contributed by atoms with E-state index in [-0.39, 0.29) is 24.7 Å². The van der Waals surface area contributed by atoms with Gasteiger partial charge < -0.3 is 15.0 Å². The minimum atomic E-state index is 0.0153. The molecule has 2 atom stereocenters. The number of rotatable bonds is 0. The number of hydrogen-bond acceptors (Lipinski definition) is 3. The molecule has 4 nitrogen and oxygen atoms in total. The van der Waals surface area contributed by atoms with Crippen LogP contribution in [0.5, 0.6) is 0 Å². The standard InChI is InChI=1S/C7H12N2O2/c1-9-2-5-6(3-9)11-4-7(10)8-5/h5-6H,2-4H2,1H3,(H,8,10)/t5-,6+/m1/s1. The molecule has 1 amide bonds. The lowest BCUT2D eigenvalue weighted by molar-refractivity contribution is -0.134. The van der Waals surface area contributed by atoms with E-state index in [4.69, 9.17) is 4.74 Å². The van der Waals surface area contributed by atoms with Gasteiger partial charge in [0.15, 0.2) is 0 Å². The van der Waals surface area contributed by atoms with Gasteiger partial charge in [-0.2, -0.15) is 0 Å². The lowest BCUT2D eigenvalue weighted by Crippen LogP contribution is -2.50. The number of nitrogens with zero attached hydrogens (tertiary/aromatic N) is 1. The van der Waals surface area contributed by atoms with E-state index in [1.807, 2.05) is 7.05 Å². The van der Waals surface area contributed by atoms with Crippen molar-refractivity contribution in [1.29, 1.82) is 0 Å². The molecule has 0 unspecified atom stereocenters. The van der Waals surface area contributed by atoms with Gasteiger partial charge in [0.2, 0.25) is 5.91 Å². The summed E-state index contributed by atoms with van der Waals surface area (Å²) in [6, 6.07) is 0.223. The predicted octanol–water partition coefficient (Wildman–Crippen LogP) is -1.18. The Morgan fingerprint density at radius 2 is 2.45 bits per heavy atom. The number of amides is 1. The van der Waals surface area contributed by atoms with Crippen molar-refractivity contribution in [2.75, 3.05) is 26.7 Å². The first-order valence-corrected chi connectivity index (χ1v) is 3.85. The molecular weight excluding hydrogens is 144 g/mol. The molecule has 2 saturated heterocycles.